The predicted octanol–water partition coefficient (Wildman–Crippen LogP) is 2.54. The third kappa shape index (κ3) is 2.65. The van der Waals surface area contributed by atoms with Crippen molar-refractivity contribution in [3.63, 3.8) is 0 Å². The van der Waals surface area contributed by atoms with Crippen molar-refractivity contribution >= 4 is 22.8 Å². The lowest BCUT2D eigenvalue weighted by molar-refractivity contribution is 0.193. The highest BCUT2D eigenvalue weighted by atomic mass is 16.2. The van der Waals surface area contributed by atoms with Gasteiger partial charge in [0.25, 0.3) is 0 Å². The molecule has 3 aromatic rings. The maximum absolute atomic E-state index is 12.7. The van der Waals surface area contributed by atoms with Gasteiger partial charge in [-0.25, -0.2) is 9.78 Å². The van der Waals surface area contributed by atoms with E-state index in [0.29, 0.717) is 24.4 Å². The molecular formula is C19H25N7O. The van der Waals surface area contributed by atoms with E-state index in [4.69, 9.17) is 0 Å². The van der Waals surface area contributed by atoms with Crippen LogP contribution in [-0.4, -0.2) is 54.6 Å². The molecule has 0 bridgehead atoms. The average Bonchev–Trinajstić information content (AvgIpc) is 3.32. The second-order valence-corrected chi connectivity index (χ2v) is 8.22. The molecule has 0 radical (unpaired) electrons. The van der Waals surface area contributed by atoms with E-state index in [1.807, 2.05) is 17.2 Å². The minimum absolute atomic E-state index is 0.0649. The van der Waals surface area contributed by atoms with E-state index >= 15 is 0 Å². The number of aromatic nitrogens is 5. The lowest BCUT2D eigenvalue weighted by Gasteiger charge is -2.29. The van der Waals surface area contributed by atoms with Crippen molar-refractivity contribution in [3.8, 4) is 0 Å². The molecule has 2 atom stereocenters. The molecule has 1 aliphatic heterocycles. The van der Waals surface area contributed by atoms with E-state index < -0.39 is 0 Å². The van der Waals surface area contributed by atoms with Gasteiger partial charge in [-0.15, -0.1) is 10.2 Å². The minimum Gasteiger partial charge on any atom is -0.345 e. The Hall–Kier alpha value is -2.64. The van der Waals surface area contributed by atoms with Crippen molar-refractivity contribution in [3.05, 3.63) is 24.3 Å². The van der Waals surface area contributed by atoms with E-state index in [0.717, 1.165) is 42.0 Å². The second-order valence-electron chi connectivity index (χ2n) is 8.22. The second kappa shape index (κ2) is 6.21. The van der Waals surface area contributed by atoms with Crippen LogP contribution in [0.15, 0.2) is 18.5 Å². The fourth-order valence-corrected chi connectivity index (χ4v) is 4.40. The van der Waals surface area contributed by atoms with Crippen molar-refractivity contribution in [1.29, 1.82) is 0 Å². The number of aromatic amines is 1. The first-order chi connectivity index (χ1) is 13.1. The van der Waals surface area contributed by atoms with Gasteiger partial charge < -0.3 is 15.2 Å². The van der Waals surface area contributed by atoms with Gasteiger partial charge in [0.1, 0.15) is 5.82 Å². The predicted molar refractivity (Wildman–Crippen MR) is 101 cm³/mol. The maximum Gasteiger partial charge on any atom is 0.317 e. The summed E-state index contributed by atoms with van der Waals surface area (Å²) in [6, 6.07) is 2.42. The van der Waals surface area contributed by atoms with Crippen LogP contribution in [0.3, 0.4) is 0 Å². The molecule has 2 fully saturated rings. The Balaban J connectivity index is 1.50. The molecular weight excluding hydrogens is 342 g/mol. The molecule has 1 saturated heterocycles. The van der Waals surface area contributed by atoms with Crippen LogP contribution in [0.5, 0.6) is 0 Å². The molecule has 2 aliphatic rings. The van der Waals surface area contributed by atoms with Crippen molar-refractivity contribution in [2.75, 3.05) is 13.1 Å². The summed E-state index contributed by atoms with van der Waals surface area (Å²) in [7, 11) is 0. The Kier molecular flexibility index (Phi) is 3.80. The van der Waals surface area contributed by atoms with Crippen molar-refractivity contribution in [2.24, 2.45) is 11.8 Å². The number of fused-ring (bicyclic) bond motifs is 3. The zero-order valence-corrected chi connectivity index (χ0v) is 15.7. The Morgan fingerprint density at radius 2 is 2.15 bits per heavy atom. The monoisotopic (exact) mass is 367 g/mol. The number of rotatable bonds is 3. The summed E-state index contributed by atoms with van der Waals surface area (Å²) in [6.07, 6.45) is 7.05. The molecule has 2 unspecified atom stereocenters. The van der Waals surface area contributed by atoms with Gasteiger partial charge in [0.2, 0.25) is 0 Å². The van der Waals surface area contributed by atoms with Crippen molar-refractivity contribution in [2.45, 2.75) is 45.1 Å². The summed E-state index contributed by atoms with van der Waals surface area (Å²) < 4.78 is 2.09. The highest BCUT2D eigenvalue weighted by Gasteiger charge is 2.41. The Morgan fingerprint density at radius 1 is 1.30 bits per heavy atom. The standard InChI is InChI=1S/C19H25N7O/c1-11(2)13-9-25(19(27)22-12-4-3-5-12)10-14(13)18-24-23-16-8-21-17-15(26(16)18)6-7-20-17/h6-8,11-14,20H,3-5,9-10H2,1-2H3,(H,22,27). The van der Waals surface area contributed by atoms with Crippen LogP contribution in [0.2, 0.25) is 0 Å². The lowest BCUT2D eigenvalue weighted by atomic mass is 9.85. The normalized spacial score (nSPS) is 23.4. The van der Waals surface area contributed by atoms with E-state index in [1.54, 1.807) is 6.20 Å². The van der Waals surface area contributed by atoms with Gasteiger partial charge in [0.15, 0.2) is 11.3 Å². The number of likely N-dealkylation sites (tertiary alicyclic amines) is 1. The topological polar surface area (TPSA) is 91.2 Å². The highest BCUT2D eigenvalue weighted by Crippen LogP contribution is 2.37. The SMILES string of the molecule is CC(C)C1CN(C(=O)NC2CCC2)CC1c1nnc2cnc3[nH]ccc3n12. The van der Waals surface area contributed by atoms with E-state index in [-0.39, 0.29) is 11.9 Å². The third-order valence-electron chi connectivity index (χ3n) is 6.24. The van der Waals surface area contributed by atoms with Gasteiger partial charge in [0, 0.05) is 31.2 Å². The van der Waals surface area contributed by atoms with Gasteiger partial charge in [-0.1, -0.05) is 13.8 Å². The van der Waals surface area contributed by atoms with Gasteiger partial charge in [-0.3, -0.25) is 4.40 Å². The average molecular weight is 367 g/mol. The molecule has 8 nitrogen and oxygen atoms in total. The molecule has 3 aromatic heterocycles. The van der Waals surface area contributed by atoms with E-state index in [9.17, 15) is 4.79 Å². The molecule has 1 saturated carbocycles. The fraction of sp³-hybridized carbons (Fsp3) is 0.579. The van der Waals surface area contributed by atoms with E-state index in [1.165, 1.54) is 6.42 Å². The first kappa shape index (κ1) is 16.5. The number of H-pyrrole nitrogens is 1. The van der Waals surface area contributed by atoms with Crippen LogP contribution < -0.4 is 5.32 Å². The lowest BCUT2D eigenvalue weighted by Crippen LogP contribution is -2.46. The van der Waals surface area contributed by atoms with Crippen LogP contribution in [0.1, 0.15) is 44.9 Å². The molecule has 8 heteroatoms. The Bertz CT molecular complexity index is 986. The largest absolute Gasteiger partial charge is 0.345 e. The molecule has 27 heavy (non-hydrogen) atoms. The number of urea groups is 1. The number of amides is 2. The zero-order chi connectivity index (χ0) is 18.5. The fourth-order valence-electron chi connectivity index (χ4n) is 4.40. The summed E-state index contributed by atoms with van der Waals surface area (Å²) in [5.74, 6) is 1.89. The first-order valence-corrected chi connectivity index (χ1v) is 9.84. The summed E-state index contributed by atoms with van der Waals surface area (Å²) in [6.45, 7) is 5.89. The van der Waals surface area contributed by atoms with Gasteiger partial charge in [-0.2, -0.15) is 0 Å². The minimum atomic E-state index is 0.0649. The smallest absolute Gasteiger partial charge is 0.317 e. The zero-order valence-electron chi connectivity index (χ0n) is 15.7. The van der Waals surface area contributed by atoms with Crippen LogP contribution in [0.25, 0.3) is 16.8 Å². The first-order valence-electron chi connectivity index (χ1n) is 9.84. The van der Waals surface area contributed by atoms with Crippen molar-refractivity contribution in [1.82, 2.24) is 34.8 Å². The molecule has 2 N–H and O–H groups in total. The highest BCUT2D eigenvalue weighted by molar-refractivity contribution is 5.76. The molecule has 2 amide bonds. The number of hydrogen-bond acceptors (Lipinski definition) is 4. The molecule has 5 rings (SSSR count). The Morgan fingerprint density at radius 3 is 2.89 bits per heavy atom. The van der Waals surface area contributed by atoms with E-state index in [2.05, 4.69) is 43.7 Å². The van der Waals surface area contributed by atoms with Gasteiger partial charge >= 0.3 is 6.03 Å². The summed E-state index contributed by atoms with van der Waals surface area (Å²) >= 11 is 0. The Labute approximate surface area is 157 Å². The van der Waals surface area contributed by atoms with Crippen LogP contribution >= 0.6 is 0 Å². The molecule has 0 spiro atoms. The number of hydrogen-bond donors (Lipinski definition) is 2. The molecule has 4 heterocycles. The van der Waals surface area contributed by atoms with Gasteiger partial charge in [0.05, 0.1) is 11.7 Å². The molecule has 0 aromatic carbocycles. The molecule has 142 valence electrons. The number of nitrogens with zero attached hydrogens (tertiary/aromatic N) is 5. The quantitative estimate of drug-likeness (QED) is 0.744. The van der Waals surface area contributed by atoms with Crippen LogP contribution in [0.4, 0.5) is 4.79 Å². The summed E-state index contributed by atoms with van der Waals surface area (Å²) in [5, 5.41) is 12.0. The van der Waals surface area contributed by atoms with Gasteiger partial charge in [-0.05, 0) is 37.2 Å². The number of carbonyl (C=O) groups excluding carboxylic acids is 1. The van der Waals surface area contributed by atoms with Crippen LogP contribution in [-0.2, 0) is 0 Å². The summed E-state index contributed by atoms with van der Waals surface area (Å²) in [5.41, 5.74) is 2.55. The van der Waals surface area contributed by atoms with Crippen molar-refractivity contribution < 1.29 is 4.79 Å². The number of nitrogens with one attached hydrogen (secondary N) is 2. The van der Waals surface area contributed by atoms with Crippen LogP contribution in [0, 0.1) is 11.8 Å². The maximum atomic E-state index is 12.7. The molecule has 1 aliphatic carbocycles. The third-order valence-corrected chi connectivity index (χ3v) is 6.24. The summed E-state index contributed by atoms with van der Waals surface area (Å²) in [4.78, 5) is 22.2. The number of carbonyl (C=O) groups is 1.